The fourth-order valence-corrected chi connectivity index (χ4v) is 1.52. The van der Waals surface area contributed by atoms with Crippen LogP contribution in [0.3, 0.4) is 0 Å². The van der Waals surface area contributed by atoms with Crippen LogP contribution < -0.4 is 0 Å². The third-order valence-corrected chi connectivity index (χ3v) is 2.49. The smallest absolute Gasteiger partial charge is 0.435 e. The predicted molar refractivity (Wildman–Crippen MR) is 77.4 cm³/mol. The highest BCUT2D eigenvalue weighted by molar-refractivity contribution is 5.67. The molecule has 1 N–H and O–H groups in total. The molecule has 0 aliphatic heterocycles. The van der Waals surface area contributed by atoms with Gasteiger partial charge in [0, 0.05) is 5.41 Å². The van der Waals surface area contributed by atoms with Crippen molar-refractivity contribution in [3.05, 3.63) is 35.9 Å². The maximum absolute atomic E-state index is 12.1. The molecule has 1 unspecified atom stereocenters. The van der Waals surface area contributed by atoms with Crippen LogP contribution in [0.25, 0.3) is 0 Å². The Balaban J connectivity index is 2.99. The maximum atomic E-state index is 12.1. The second-order valence-electron chi connectivity index (χ2n) is 5.85. The molecule has 0 spiro atoms. The number of nitrogens with zero attached hydrogens (tertiary/aromatic N) is 1. The van der Waals surface area contributed by atoms with Crippen molar-refractivity contribution in [2.24, 2.45) is 5.41 Å². The van der Waals surface area contributed by atoms with Crippen molar-refractivity contribution < 1.29 is 27.9 Å². The lowest BCUT2D eigenvalue weighted by atomic mass is 9.96. The van der Waals surface area contributed by atoms with Gasteiger partial charge in [0.2, 0.25) is 0 Å². The predicted octanol–water partition coefficient (Wildman–Crippen LogP) is 4.17. The molecule has 0 aromatic heterocycles. The van der Waals surface area contributed by atoms with Crippen molar-refractivity contribution in [2.75, 3.05) is 6.61 Å². The molecule has 0 aliphatic rings. The zero-order chi connectivity index (χ0) is 17.7. The van der Waals surface area contributed by atoms with Gasteiger partial charge in [0.05, 0.1) is 0 Å². The number of hydroxylamine groups is 2. The summed E-state index contributed by atoms with van der Waals surface area (Å²) < 4.78 is 40.4. The van der Waals surface area contributed by atoms with Gasteiger partial charge in [-0.3, -0.25) is 5.21 Å². The fraction of sp³-hybridized carbons (Fsp3) is 0.438. The van der Waals surface area contributed by atoms with Gasteiger partial charge in [-0.05, 0) is 26.3 Å². The maximum Gasteiger partial charge on any atom is 0.435 e. The minimum atomic E-state index is -4.67. The van der Waals surface area contributed by atoms with Gasteiger partial charge in [0.1, 0.15) is 6.04 Å². The van der Waals surface area contributed by atoms with E-state index in [0.717, 1.165) is 0 Å². The summed E-state index contributed by atoms with van der Waals surface area (Å²) in [5.41, 5.74) is 0.0414. The number of benzene rings is 1. The Morgan fingerprint density at radius 2 is 1.83 bits per heavy atom. The Labute approximate surface area is 132 Å². The Bertz CT molecular complexity index is 583. The summed E-state index contributed by atoms with van der Waals surface area (Å²) in [6.45, 7) is 3.69. The SMILES string of the molecule is CC(C)(C)C#CC(c1ccccc1)N(O)C(=O)OCC(F)(F)F. The first-order valence-electron chi connectivity index (χ1n) is 6.79. The molecule has 0 radical (unpaired) electrons. The van der Waals surface area contributed by atoms with Gasteiger partial charge in [-0.25, -0.2) is 4.79 Å². The van der Waals surface area contributed by atoms with Crippen molar-refractivity contribution in [2.45, 2.75) is 33.0 Å². The van der Waals surface area contributed by atoms with Crippen LogP contribution in [0.1, 0.15) is 32.4 Å². The van der Waals surface area contributed by atoms with E-state index in [1.165, 1.54) is 0 Å². The first-order chi connectivity index (χ1) is 10.5. The van der Waals surface area contributed by atoms with E-state index in [9.17, 15) is 23.2 Å². The van der Waals surface area contributed by atoms with Gasteiger partial charge in [-0.15, -0.1) is 0 Å². The number of carbonyl (C=O) groups is 1. The molecule has 23 heavy (non-hydrogen) atoms. The number of rotatable bonds is 3. The second kappa shape index (κ2) is 7.38. The van der Waals surface area contributed by atoms with Crippen molar-refractivity contribution in [1.82, 2.24) is 5.06 Å². The van der Waals surface area contributed by atoms with Crippen LogP contribution in [-0.4, -0.2) is 29.1 Å². The highest BCUT2D eigenvalue weighted by atomic mass is 19.4. The Morgan fingerprint density at radius 3 is 2.30 bits per heavy atom. The van der Waals surface area contributed by atoms with Gasteiger partial charge in [-0.2, -0.15) is 18.2 Å². The van der Waals surface area contributed by atoms with Gasteiger partial charge >= 0.3 is 12.3 Å². The Hall–Kier alpha value is -2.20. The lowest BCUT2D eigenvalue weighted by Gasteiger charge is -2.22. The highest BCUT2D eigenvalue weighted by Crippen LogP contribution is 2.22. The molecule has 1 atom stereocenters. The molecule has 1 rings (SSSR count). The number of halogens is 3. The Morgan fingerprint density at radius 1 is 1.26 bits per heavy atom. The molecule has 1 aromatic carbocycles. The van der Waals surface area contributed by atoms with E-state index < -0.39 is 30.3 Å². The third kappa shape index (κ3) is 7.06. The standard InChI is InChI=1S/C16H18F3NO3/c1-15(2,3)10-9-13(12-7-5-4-6-8-12)20(22)14(21)23-11-16(17,18)19/h4-8,13,22H,11H2,1-3H3. The summed E-state index contributed by atoms with van der Waals surface area (Å²) in [7, 11) is 0. The molecule has 7 heteroatoms. The van der Waals surface area contributed by atoms with Crippen molar-refractivity contribution in [3.63, 3.8) is 0 Å². The topological polar surface area (TPSA) is 49.8 Å². The quantitative estimate of drug-likeness (QED) is 0.514. The lowest BCUT2D eigenvalue weighted by molar-refractivity contribution is -0.173. The molecule has 0 saturated heterocycles. The van der Waals surface area contributed by atoms with E-state index in [1.54, 1.807) is 30.3 Å². The van der Waals surface area contributed by atoms with Gasteiger partial charge in [-0.1, -0.05) is 42.2 Å². The summed E-state index contributed by atoms with van der Waals surface area (Å²) >= 11 is 0. The van der Waals surface area contributed by atoms with Crippen molar-refractivity contribution in [3.8, 4) is 11.8 Å². The molecule has 1 aromatic rings. The number of ether oxygens (including phenoxy) is 1. The number of amides is 1. The molecule has 0 bridgehead atoms. The fourth-order valence-electron chi connectivity index (χ4n) is 1.52. The molecule has 0 fully saturated rings. The minimum absolute atomic E-state index is 0.0693. The van der Waals surface area contributed by atoms with Crippen LogP contribution in [0, 0.1) is 17.3 Å². The van der Waals surface area contributed by atoms with Gasteiger partial charge in [0.25, 0.3) is 0 Å². The average Bonchev–Trinajstić information content (AvgIpc) is 2.44. The zero-order valence-electron chi connectivity index (χ0n) is 13.0. The average molecular weight is 329 g/mol. The summed E-state index contributed by atoms with van der Waals surface area (Å²) in [6, 6.07) is 7.12. The van der Waals surface area contributed by atoms with Crippen LogP contribution >= 0.6 is 0 Å². The van der Waals surface area contributed by atoms with Crippen LogP contribution in [0.4, 0.5) is 18.0 Å². The first-order valence-corrected chi connectivity index (χ1v) is 6.79. The van der Waals surface area contributed by atoms with E-state index >= 15 is 0 Å². The molecule has 4 nitrogen and oxygen atoms in total. The molecular weight excluding hydrogens is 311 g/mol. The van der Waals surface area contributed by atoms with Crippen LogP contribution in [-0.2, 0) is 4.74 Å². The molecule has 0 saturated carbocycles. The summed E-state index contributed by atoms with van der Waals surface area (Å²) in [6.07, 6.45) is -6.19. The normalized spacial score (nSPS) is 12.8. The van der Waals surface area contributed by atoms with E-state index in [4.69, 9.17) is 0 Å². The number of alkyl halides is 3. The number of hydrogen-bond acceptors (Lipinski definition) is 3. The van der Waals surface area contributed by atoms with Crippen LogP contribution in [0.5, 0.6) is 0 Å². The van der Waals surface area contributed by atoms with Gasteiger partial charge in [0.15, 0.2) is 6.61 Å². The van der Waals surface area contributed by atoms with E-state index in [1.807, 2.05) is 20.8 Å². The zero-order valence-corrected chi connectivity index (χ0v) is 13.0. The largest absolute Gasteiger partial charge is 0.438 e. The Kier molecular flexibility index (Phi) is 6.05. The summed E-state index contributed by atoms with van der Waals surface area (Å²) in [5, 5.41) is 9.98. The van der Waals surface area contributed by atoms with Crippen LogP contribution in [0.2, 0.25) is 0 Å². The molecule has 1 amide bonds. The summed E-state index contributed by atoms with van der Waals surface area (Å²) in [5.74, 6) is 5.54. The number of hydrogen-bond donors (Lipinski definition) is 1. The third-order valence-electron chi connectivity index (χ3n) is 2.49. The molecule has 126 valence electrons. The summed E-state index contributed by atoms with van der Waals surface area (Å²) in [4.78, 5) is 11.6. The van der Waals surface area contributed by atoms with E-state index in [-0.39, 0.29) is 5.06 Å². The molecule has 0 aliphatic carbocycles. The van der Waals surface area contributed by atoms with Crippen molar-refractivity contribution >= 4 is 6.09 Å². The highest BCUT2D eigenvalue weighted by Gasteiger charge is 2.32. The molecular formula is C16H18F3NO3. The lowest BCUT2D eigenvalue weighted by Crippen LogP contribution is -2.34. The second-order valence-corrected chi connectivity index (χ2v) is 5.85. The monoisotopic (exact) mass is 329 g/mol. The van der Waals surface area contributed by atoms with Crippen molar-refractivity contribution in [1.29, 1.82) is 0 Å². The van der Waals surface area contributed by atoms with E-state index in [0.29, 0.717) is 5.56 Å². The first kappa shape index (κ1) is 18.8. The molecule has 0 heterocycles. The van der Waals surface area contributed by atoms with E-state index in [2.05, 4.69) is 16.6 Å². The number of carbonyl (C=O) groups excluding carboxylic acids is 1. The minimum Gasteiger partial charge on any atom is -0.438 e. The van der Waals surface area contributed by atoms with Gasteiger partial charge < -0.3 is 4.74 Å². The van der Waals surface area contributed by atoms with Crippen LogP contribution in [0.15, 0.2) is 30.3 Å².